The fourth-order valence-corrected chi connectivity index (χ4v) is 1.76. The van der Waals surface area contributed by atoms with E-state index in [9.17, 15) is 12.3 Å². The minimum atomic E-state index is -4.75. The first-order chi connectivity index (χ1) is 4.93. The summed E-state index contributed by atoms with van der Waals surface area (Å²) < 4.78 is 33.8. The summed E-state index contributed by atoms with van der Waals surface area (Å²) >= 11 is 5.33. The topological polar surface area (TPSA) is 52.0 Å². The molecule has 0 N–H and O–H groups in total. The quantitative estimate of drug-likeness (QED) is 0.626. The van der Waals surface area contributed by atoms with Crippen LogP contribution in [0.2, 0.25) is 5.02 Å². The molecule has 0 spiro atoms. The van der Waals surface area contributed by atoms with Crippen molar-refractivity contribution >= 4 is 21.8 Å². The van der Waals surface area contributed by atoms with Gasteiger partial charge in [0.05, 0.1) is 6.20 Å². The lowest BCUT2D eigenvalue weighted by atomic mass is 10.7. The Bertz CT molecular complexity index is 352. The maximum Gasteiger partial charge on any atom is 0.350 e. The van der Waals surface area contributed by atoms with Gasteiger partial charge >= 0.3 is 10.2 Å². The van der Waals surface area contributed by atoms with Gasteiger partial charge in [0.15, 0.2) is 0 Å². The van der Waals surface area contributed by atoms with Gasteiger partial charge < -0.3 is 0 Å². The predicted octanol–water partition coefficient (Wildman–Crippen LogP) is 0.732. The number of rotatable bonds is 1. The number of halogens is 2. The first-order valence-electron chi connectivity index (χ1n) is 2.55. The van der Waals surface area contributed by atoms with Crippen LogP contribution in [0.3, 0.4) is 0 Å². The van der Waals surface area contributed by atoms with Crippen LogP contribution in [-0.4, -0.2) is 18.2 Å². The fraction of sp³-hybridized carbons (Fsp3) is 0.250. The van der Waals surface area contributed by atoms with E-state index in [4.69, 9.17) is 11.6 Å². The summed E-state index contributed by atoms with van der Waals surface area (Å²) in [5, 5.41) is 2.62. The van der Waals surface area contributed by atoms with Crippen LogP contribution in [0.4, 0.5) is 3.89 Å². The summed E-state index contributed by atoms with van der Waals surface area (Å²) in [6, 6.07) is 0. The Morgan fingerprint density at radius 2 is 2.27 bits per heavy atom. The van der Waals surface area contributed by atoms with Crippen molar-refractivity contribution in [3.8, 4) is 0 Å². The lowest BCUT2D eigenvalue weighted by Crippen LogP contribution is -2.02. The SMILES string of the molecule is Cn1ncc(Cl)c1S(=O)(=O)F. The third-order valence-corrected chi connectivity index (χ3v) is 2.41. The Morgan fingerprint density at radius 1 is 1.73 bits per heavy atom. The number of aryl methyl sites for hydroxylation is 1. The van der Waals surface area contributed by atoms with E-state index < -0.39 is 15.2 Å². The zero-order valence-electron chi connectivity index (χ0n) is 5.45. The van der Waals surface area contributed by atoms with E-state index in [1.807, 2.05) is 0 Å². The lowest BCUT2D eigenvalue weighted by molar-refractivity contribution is 0.534. The molecule has 7 heteroatoms. The normalized spacial score (nSPS) is 11.9. The standard InChI is InChI=1S/C4H4ClFN2O2S/c1-8-4(11(6,9)10)3(5)2-7-8/h2H,1H3. The van der Waals surface area contributed by atoms with Crippen molar-refractivity contribution in [1.82, 2.24) is 9.78 Å². The molecule has 1 aromatic rings. The predicted molar refractivity (Wildman–Crippen MR) is 36.5 cm³/mol. The fourth-order valence-electron chi connectivity index (χ4n) is 0.674. The molecule has 0 saturated heterocycles. The van der Waals surface area contributed by atoms with Gasteiger partial charge in [-0.3, -0.25) is 4.68 Å². The minimum Gasteiger partial charge on any atom is -0.254 e. The molecular formula is C4H4ClFN2O2S. The van der Waals surface area contributed by atoms with Gasteiger partial charge in [-0.25, -0.2) is 0 Å². The Hall–Kier alpha value is -0.620. The number of nitrogens with zero attached hydrogens (tertiary/aromatic N) is 2. The molecule has 1 aromatic heterocycles. The molecule has 1 heterocycles. The molecule has 0 aliphatic rings. The van der Waals surface area contributed by atoms with Gasteiger partial charge in [-0.1, -0.05) is 15.5 Å². The molecule has 4 nitrogen and oxygen atoms in total. The van der Waals surface area contributed by atoms with Crippen molar-refractivity contribution in [2.75, 3.05) is 0 Å². The first-order valence-corrected chi connectivity index (χ1v) is 4.31. The summed E-state index contributed by atoms with van der Waals surface area (Å²) in [6.45, 7) is 0. The maximum absolute atomic E-state index is 12.3. The van der Waals surface area contributed by atoms with Gasteiger partial charge in [-0.15, -0.1) is 0 Å². The van der Waals surface area contributed by atoms with Crippen molar-refractivity contribution < 1.29 is 12.3 Å². The highest BCUT2D eigenvalue weighted by atomic mass is 35.5. The average molecular weight is 199 g/mol. The van der Waals surface area contributed by atoms with E-state index in [-0.39, 0.29) is 5.02 Å². The molecule has 0 aliphatic heterocycles. The summed E-state index contributed by atoms with van der Waals surface area (Å²) in [5.74, 6) is 0. The van der Waals surface area contributed by atoms with Crippen LogP contribution in [-0.2, 0) is 17.3 Å². The first kappa shape index (κ1) is 8.48. The summed E-state index contributed by atoms with van der Waals surface area (Å²) in [5.41, 5.74) is 0. The third kappa shape index (κ3) is 1.51. The Labute approximate surface area is 67.8 Å². The number of aromatic nitrogens is 2. The summed E-state index contributed by atoms with van der Waals surface area (Å²) in [6.07, 6.45) is 1.06. The van der Waals surface area contributed by atoms with E-state index in [0.717, 1.165) is 10.9 Å². The average Bonchev–Trinajstić information content (AvgIpc) is 2.08. The minimum absolute atomic E-state index is 0.213. The highest BCUT2D eigenvalue weighted by Crippen LogP contribution is 2.21. The molecule has 0 radical (unpaired) electrons. The molecule has 1 rings (SSSR count). The summed E-state index contributed by atoms with van der Waals surface area (Å²) in [4.78, 5) is 0. The second kappa shape index (κ2) is 2.46. The smallest absolute Gasteiger partial charge is 0.254 e. The van der Waals surface area contributed by atoms with Gasteiger partial charge in [0.2, 0.25) is 5.03 Å². The van der Waals surface area contributed by atoms with Gasteiger partial charge in [-0.05, 0) is 0 Å². The molecular weight excluding hydrogens is 195 g/mol. The zero-order valence-corrected chi connectivity index (χ0v) is 7.02. The molecule has 0 amide bonds. The van der Waals surface area contributed by atoms with E-state index in [1.54, 1.807) is 0 Å². The van der Waals surface area contributed by atoms with Crippen LogP contribution in [0.1, 0.15) is 0 Å². The molecule has 0 unspecified atom stereocenters. The van der Waals surface area contributed by atoms with E-state index in [1.165, 1.54) is 7.05 Å². The number of hydrogen-bond donors (Lipinski definition) is 0. The lowest BCUT2D eigenvalue weighted by Gasteiger charge is -1.94. The Balaban J connectivity index is 3.45. The highest BCUT2D eigenvalue weighted by molar-refractivity contribution is 7.86. The molecule has 0 aliphatic carbocycles. The molecule has 62 valence electrons. The molecule has 0 bridgehead atoms. The van der Waals surface area contributed by atoms with E-state index >= 15 is 0 Å². The van der Waals surface area contributed by atoms with E-state index in [2.05, 4.69) is 5.10 Å². The highest BCUT2D eigenvalue weighted by Gasteiger charge is 2.21. The van der Waals surface area contributed by atoms with Crippen molar-refractivity contribution in [3.05, 3.63) is 11.2 Å². The second-order valence-corrected chi connectivity index (χ2v) is 3.53. The second-order valence-electron chi connectivity index (χ2n) is 1.86. The monoisotopic (exact) mass is 198 g/mol. The third-order valence-electron chi connectivity index (χ3n) is 1.07. The van der Waals surface area contributed by atoms with Crippen LogP contribution < -0.4 is 0 Å². The van der Waals surface area contributed by atoms with Crippen LogP contribution in [0.25, 0.3) is 0 Å². The molecule has 0 atom stereocenters. The maximum atomic E-state index is 12.3. The van der Waals surface area contributed by atoms with Crippen LogP contribution in [0.5, 0.6) is 0 Å². The largest absolute Gasteiger partial charge is 0.350 e. The van der Waals surface area contributed by atoms with Crippen molar-refractivity contribution in [1.29, 1.82) is 0 Å². The summed E-state index contributed by atoms with van der Waals surface area (Å²) in [7, 11) is -3.46. The van der Waals surface area contributed by atoms with Crippen LogP contribution >= 0.6 is 11.6 Å². The van der Waals surface area contributed by atoms with Crippen LogP contribution in [0, 0.1) is 0 Å². The Kier molecular flexibility index (Phi) is 1.89. The van der Waals surface area contributed by atoms with Gasteiger partial charge in [-0.2, -0.15) is 13.5 Å². The van der Waals surface area contributed by atoms with Crippen LogP contribution in [0.15, 0.2) is 11.2 Å². The van der Waals surface area contributed by atoms with Gasteiger partial charge in [0.25, 0.3) is 0 Å². The molecule has 0 fully saturated rings. The Morgan fingerprint density at radius 3 is 2.45 bits per heavy atom. The molecule has 11 heavy (non-hydrogen) atoms. The van der Waals surface area contributed by atoms with E-state index in [0.29, 0.717) is 0 Å². The van der Waals surface area contributed by atoms with Crippen molar-refractivity contribution in [2.45, 2.75) is 5.03 Å². The van der Waals surface area contributed by atoms with Gasteiger partial charge in [0, 0.05) is 7.05 Å². The van der Waals surface area contributed by atoms with Crippen molar-refractivity contribution in [3.63, 3.8) is 0 Å². The van der Waals surface area contributed by atoms with Gasteiger partial charge in [0.1, 0.15) is 5.02 Å². The molecule has 0 aromatic carbocycles. The molecule has 0 saturated carbocycles. The zero-order chi connectivity index (χ0) is 8.65. The van der Waals surface area contributed by atoms with Crippen molar-refractivity contribution in [2.24, 2.45) is 7.05 Å². The number of hydrogen-bond acceptors (Lipinski definition) is 3.